The predicted octanol–water partition coefficient (Wildman–Crippen LogP) is 8.57. The van der Waals surface area contributed by atoms with Gasteiger partial charge in [0.1, 0.15) is 5.75 Å². The lowest BCUT2D eigenvalue weighted by molar-refractivity contribution is -0.137. The van der Waals surface area contributed by atoms with Gasteiger partial charge in [0.05, 0.1) is 6.61 Å². The molecule has 0 saturated carbocycles. The van der Waals surface area contributed by atoms with Gasteiger partial charge in [-0.25, -0.2) is 0 Å². The Morgan fingerprint density at radius 1 is 0.588 bits per heavy atom. The summed E-state index contributed by atoms with van der Waals surface area (Å²) in [6.07, 6.45) is 17.2. The number of benzene rings is 1. The van der Waals surface area contributed by atoms with Gasteiger partial charge in [-0.3, -0.25) is 9.59 Å². The maximum absolute atomic E-state index is 12.4. The fraction of sp³-hybridized carbons (Fsp3) is 0.724. The first kappa shape index (κ1) is 30.0. The molecule has 0 bridgehead atoms. The molecule has 0 atom stereocenters. The molecular weight excluding hydrogens is 428 g/mol. The van der Waals surface area contributed by atoms with Crippen molar-refractivity contribution in [2.75, 3.05) is 6.61 Å². The van der Waals surface area contributed by atoms with Crippen molar-refractivity contribution in [2.24, 2.45) is 0 Å². The highest BCUT2D eigenvalue weighted by Gasteiger charge is 2.15. The van der Waals surface area contributed by atoms with Crippen LogP contribution in [0.1, 0.15) is 130 Å². The number of hydrogen-bond acceptors (Lipinski definition) is 5. The molecule has 0 amide bonds. The average Bonchev–Trinajstić information content (AvgIpc) is 2.83. The van der Waals surface area contributed by atoms with Crippen LogP contribution in [-0.2, 0) is 9.59 Å². The van der Waals surface area contributed by atoms with Gasteiger partial charge in [-0.2, -0.15) is 0 Å². The molecule has 0 aromatic heterocycles. The topological polar surface area (TPSA) is 61.8 Å². The Balaban J connectivity index is 2.63. The zero-order valence-electron chi connectivity index (χ0n) is 22.0. The van der Waals surface area contributed by atoms with Gasteiger partial charge in [-0.15, -0.1) is 0 Å². The monoisotopic (exact) mass is 476 g/mol. The predicted molar refractivity (Wildman–Crippen MR) is 139 cm³/mol. The zero-order valence-corrected chi connectivity index (χ0v) is 22.0. The first-order valence-corrected chi connectivity index (χ1v) is 13.8. The molecule has 0 saturated heterocycles. The summed E-state index contributed by atoms with van der Waals surface area (Å²) in [5.74, 6) is 0.579. The normalized spacial score (nSPS) is 10.8. The molecule has 5 nitrogen and oxygen atoms in total. The van der Waals surface area contributed by atoms with Crippen LogP contribution in [0.2, 0.25) is 0 Å². The van der Waals surface area contributed by atoms with E-state index in [0.29, 0.717) is 25.2 Å². The van der Waals surface area contributed by atoms with E-state index in [-0.39, 0.29) is 23.4 Å². The molecule has 1 rings (SSSR count). The number of unbranched alkanes of at least 4 members (excludes halogenated alkanes) is 12. The van der Waals surface area contributed by atoms with Crippen LogP contribution in [-0.4, -0.2) is 18.5 Å². The van der Waals surface area contributed by atoms with Crippen molar-refractivity contribution >= 4 is 11.9 Å². The quantitative estimate of drug-likeness (QED) is 0.101. The van der Waals surface area contributed by atoms with Gasteiger partial charge in [-0.1, -0.05) is 97.8 Å². The van der Waals surface area contributed by atoms with Gasteiger partial charge in [0.2, 0.25) is 0 Å². The molecule has 0 fully saturated rings. The second kappa shape index (κ2) is 20.3. The smallest absolute Gasteiger partial charge is 0.311 e. The zero-order chi connectivity index (χ0) is 24.9. The molecule has 0 aliphatic heterocycles. The van der Waals surface area contributed by atoms with Crippen LogP contribution in [0.25, 0.3) is 0 Å². The van der Waals surface area contributed by atoms with E-state index in [1.54, 1.807) is 18.2 Å². The van der Waals surface area contributed by atoms with Crippen LogP contribution in [0.15, 0.2) is 18.2 Å². The second-order valence-electron chi connectivity index (χ2n) is 9.15. The summed E-state index contributed by atoms with van der Waals surface area (Å²) in [5.41, 5.74) is 0. The van der Waals surface area contributed by atoms with Crippen LogP contribution < -0.4 is 14.2 Å². The van der Waals surface area contributed by atoms with E-state index in [1.807, 2.05) is 0 Å². The van der Waals surface area contributed by atoms with Crippen LogP contribution in [0.4, 0.5) is 0 Å². The molecule has 0 radical (unpaired) electrons. The first-order chi connectivity index (χ1) is 16.6. The molecule has 194 valence electrons. The number of ether oxygens (including phenoxy) is 3. The van der Waals surface area contributed by atoms with Gasteiger partial charge in [-0.05, 0) is 31.4 Å². The molecule has 5 heteroatoms. The van der Waals surface area contributed by atoms with Gasteiger partial charge >= 0.3 is 11.9 Å². The summed E-state index contributed by atoms with van der Waals surface area (Å²) in [5, 5.41) is 0. The molecule has 1 aromatic rings. The minimum absolute atomic E-state index is 0.264. The van der Waals surface area contributed by atoms with Gasteiger partial charge < -0.3 is 14.2 Å². The molecule has 0 N–H and O–H groups in total. The van der Waals surface area contributed by atoms with Crippen LogP contribution >= 0.6 is 0 Å². The highest BCUT2D eigenvalue weighted by molar-refractivity contribution is 5.76. The molecule has 0 aliphatic carbocycles. The highest BCUT2D eigenvalue weighted by atomic mass is 16.6. The first-order valence-electron chi connectivity index (χ1n) is 13.8. The number of carbonyl (C=O) groups excluding carboxylic acids is 2. The molecule has 0 heterocycles. The third-order valence-electron chi connectivity index (χ3n) is 5.85. The van der Waals surface area contributed by atoms with Crippen LogP contribution in [0.5, 0.6) is 17.2 Å². The lowest BCUT2D eigenvalue weighted by Crippen LogP contribution is -2.12. The van der Waals surface area contributed by atoms with Crippen LogP contribution in [0, 0.1) is 0 Å². The van der Waals surface area contributed by atoms with Crippen molar-refractivity contribution in [3.8, 4) is 17.2 Å². The van der Waals surface area contributed by atoms with Crippen molar-refractivity contribution in [1.29, 1.82) is 0 Å². The van der Waals surface area contributed by atoms with Crippen molar-refractivity contribution < 1.29 is 23.8 Å². The van der Waals surface area contributed by atoms with E-state index in [0.717, 1.165) is 57.8 Å². The molecule has 34 heavy (non-hydrogen) atoms. The Bertz CT molecular complexity index is 670. The lowest BCUT2D eigenvalue weighted by Gasteiger charge is -2.13. The van der Waals surface area contributed by atoms with E-state index in [4.69, 9.17) is 14.2 Å². The maximum atomic E-state index is 12.4. The highest BCUT2D eigenvalue weighted by Crippen LogP contribution is 2.33. The minimum atomic E-state index is -0.299. The second-order valence-corrected chi connectivity index (χ2v) is 9.15. The Morgan fingerprint density at radius 3 is 1.62 bits per heavy atom. The van der Waals surface area contributed by atoms with Gasteiger partial charge in [0, 0.05) is 18.9 Å². The molecule has 0 spiro atoms. The van der Waals surface area contributed by atoms with Crippen molar-refractivity contribution in [1.82, 2.24) is 0 Å². The molecule has 1 aromatic carbocycles. The largest absolute Gasteiger partial charge is 0.493 e. The maximum Gasteiger partial charge on any atom is 0.311 e. The van der Waals surface area contributed by atoms with E-state index < -0.39 is 0 Å². The van der Waals surface area contributed by atoms with Gasteiger partial charge in [0.15, 0.2) is 11.5 Å². The average molecular weight is 477 g/mol. The van der Waals surface area contributed by atoms with Crippen molar-refractivity contribution in [3.63, 3.8) is 0 Å². The van der Waals surface area contributed by atoms with Crippen molar-refractivity contribution in [2.45, 2.75) is 130 Å². The summed E-state index contributed by atoms with van der Waals surface area (Å²) < 4.78 is 17.0. The van der Waals surface area contributed by atoms with E-state index in [1.165, 1.54) is 38.5 Å². The Morgan fingerprint density at radius 2 is 1.06 bits per heavy atom. The van der Waals surface area contributed by atoms with Crippen LogP contribution in [0.3, 0.4) is 0 Å². The summed E-state index contributed by atoms with van der Waals surface area (Å²) in [6, 6.07) is 5.10. The van der Waals surface area contributed by atoms with Crippen molar-refractivity contribution in [3.05, 3.63) is 18.2 Å². The summed E-state index contributed by atoms with van der Waals surface area (Å²) in [4.78, 5) is 24.8. The molecule has 0 unspecified atom stereocenters. The number of rotatable bonds is 21. The van der Waals surface area contributed by atoms with E-state index >= 15 is 0 Å². The fourth-order valence-corrected chi connectivity index (χ4v) is 3.73. The summed E-state index contributed by atoms with van der Waals surface area (Å²) in [6.45, 7) is 7.14. The third kappa shape index (κ3) is 15.0. The van der Waals surface area contributed by atoms with E-state index in [9.17, 15) is 9.59 Å². The summed E-state index contributed by atoms with van der Waals surface area (Å²) >= 11 is 0. The summed E-state index contributed by atoms with van der Waals surface area (Å²) in [7, 11) is 0. The standard InChI is InChI=1S/C29H48O5/c1-4-7-10-12-14-16-19-28(30)33-26-22-21-25(32-23-18-9-6-3)24-27(26)34-29(31)20-17-15-13-11-8-5-2/h21-22,24H,4-20,23H2,1-3H3. The molecule has 0 aliphatic rings. The lowest BCUT2D eigenvalue weighted by atomic mass is 10.1. The fourth-order valence-electron chi connectivity index (χ4n) is 3.73. The number of hydrogen-bond donors (Lipinski definition) is 0. The SMILES string of the molecule is CCCCCCCCC(=O)Oc1ccc(OCCCCC)cc1OC(=O)CCCCCCCC. The Hall–Kier alpha value is -2.04. The Kier molecular flexibility index (Phi) is 17.9. The third-order valence-corrected chi connectivity index (χ3v) is 5.85. The number of esters is 2. The van der Waals surface area contributed by atoms with Gasteiger partial charge in [0.25, 0.3) is 0 Å². The minimum Gasteiger partial charge on any atom is -0.493 e. The Labute approximate surface area is 207 Å². The molecular formula is C29H48O5. The number of carbonyl (C=O) groups is 2. The van der Waals surface area contributed by atoms with E-state index in [2.05, 4.69) is 20.8 Å².